The van der Waals surface area contributed by atoms with Crippen LogP contribution >= 0.6 is 0 Å². The van der Waals surface area contributed by atoms with Crippen molar-refractivity contribution in [2.45, 2.75) is 39.3 Å². The standard InChI is InChI=1S/C13H18N2O4/c1-13(2,3)19-12(18)15-5-4-9-8(7-15)6-10(14-9)11(16)17/h6,14H,4-5,7H2,1-3H3,(H,16,17). The Balaban J connectivity index is 2.09. The minimum Gasteiger partial charge on any atom is -0.477 e. The van der Waals surface area contributed by atoms with E-state index in [2.05, 4.69) is 4.98 Å². The maximum absolute atomic E-state index is 11.9. The molecule has 104 valence electrons. The van der Waals surface area contributed by atoms with Gasteiger partial charge in [0, 0.05) is 18.7 Å². The molecule has 0 radical (unpaired) electrons. The van der Waals surface area contributed by atoms with Crippen LogP contribution in [0.1, 0.15) is 42.5 Å². The number of hydrogen-bond acceptors (Lipinski definition) is 3. The Morgan fingerprint density at radius 2 is 2.11 bits per heavy atom. The summed E-state index contributed by atoms with van der Waals surface area (Å²) in [6.45, 7) is 6.37. The molecule has 0 aromatic carbocycles. The van der Waals surface area contributed by atoms with Crippen molar-refractivity contribution in [1.29, 1.82) is 0 Å². The molecular formula is C13H18N2O4. The van der Waals surface area contributed by atoms with Crippen LogP contribution in [0.15, 0.2) is 6.07 Å². The summed E-state index contributed by atoms with van der Waals surface area (Å²) in [7, 11) is 0. The number of aromatic nitrogens is 1. The molecule has 1 aromatic heterocycles. The Hall–Kier alpha value is -1.98. The van der Waals surface area contributed by atoms with Crippen LogP contribution < -0.4 is 0 Å². The normalized spacial score (nSPS) is 15.0. The lowest BCUT2D eigenvalue weighted by molar-refractivity contribution is 0.0223. The summed E-state index contributed by atoms with van der Waals surface area (Å²) in [5.41, 5.74) is 1.37. The molecule has 0 unspecified atom stereocenters. The monoisotopic (exact) mass is 266 g/mol. The third kappa shape index (κ3) is 3.07. The Bertz CT molecular complexity index is 513. The number of rotatable bonds is 1. The molecule has 6 heteroatoms. The van der Waals surface area contributed by atoms with E-state index in [0.717, 1.165) is 11.3 Å². The van der Waals surface area contributed by atoms with Crippen molar-refractivity contribution >= 4 is 12.1 Å². The van der Waals surface area contributed by atoms with Gasteiger partial charge in [-0.3, -0.25) is 0 Å². The van der Waals surface area contributed by atoms with E-state index in [4.69, 9.17) is 9.84 Å². The molecule has 1 aliphatic heterocycles. The van der Waals surface area contributed by atoms with Crippen LogP contribution in [0.2, 0.25) is 0 Å². The molecule has 0 spiro atoms. The third-order valence-electron chi connectivity index (χ3n) is 2.87. The Morgan fingerprint density at radius 3 is 2.68 bits per heavy atom. The van der Waals surface area contributed by atoms with Crippen molar-refractivity contribution in [1.82, 2.24) is 9.88 Å². The van der Waals surface area contributed by atoms with Crippen molar-refractivity contribution in [3.05, 3.63) is 23.0 Å². The summed E-state index contributed by atoms with van der Waals surface area (Å²) >= 11 is 0. The molecule has 6 nitrogen and oxygen atoms in total. The van der Waals surface area contributed by atoms with Crippen molar-refractivity contribution in [3.8, 4) is 0 Å². The van der Waals surface area contributed by atoms with Crippen LogP contribution in [-0.4, -0.2) is 39.2 Å². The first kappa shape index (κ1) is 13.5. The van der Waals surface area contributed by atoms with Gasteiger partial charge in [0.1, 0.15) is 11.3 Å². The zero-order valence-corrected chi connectivity index (χ0v) is 11.3. The SMILES string of the molecule is CC(C)(C)OC(=O)N1CCc2[nH]c(C(=O)O)cc2C1. The summed E-state index contributed by atoms with van der Waals surface area (Å²) in [6, 6.07) is 1.58. The molecular weight excluding hydrogens is 248 g/mol. The van der Waals surface area contributed by atoms with Crippen LogP contribution in [0.4, 0.5) is 4.79 Å². The van der Waals surface area contributed by atoms with Gasteiger partial charge in [0.15, 0.2) is 0 Å². The fraction of sp³-hybridized carbons (Fsp3) is 0.538. The average molecular weight is 266 g/mol. The maximum Gasteiger partial charge on any atom is 0.410 e. The predicted octanol–water partition coefficient (Wildman–Crippen LogP) is 2.01. The number of fused-ring (bicyclic) bond motifs is 1. The second-order valence-electron chi connectivity index (χ2n) is 5.64. The first-order valence-electron chi connectivity index (χ1n) is 6.18. The predicted molar refractivity (Wildman–Crippen MR) is 68.1 cm³/mol. The van der Waals surface area contributed by atoms with Crippen molar-refractivity contribution in [2.75, 3.05) is 6.54 Å². The number of carboxylic acid groups (broad SMARTS) is 1. The smallest absolute Gasteiger partial charge is 0.410 e. The lowest BCUT2D eigenvalue weighted by Gasteiger charge is -2.29. The van der Waals surface area contributed by atoms with E-state index >= 15 is 0 Å². The summed E-state index contributed by atoms with van der Waals surface area (Å²) < 4.78 is 5.31. The van der Waals surface area contributed by atoms with Crippen LogP contribution in [0.25, 0.3) is 0 Å². The molecule has 0 aliphatic carbocycles. The second-order valence-corrected chi connectivity index (χ2v) is 5.64. The first-order chi connectivity index (χ1) is 8.76. The van der Waals surface area contributed by atoms with Gasteiger partial charge < -0.3 is 19.7 Å². The number of nitrogens with one attached hydrogen (secondary N) is 1. The fourth-order valence-corrected chi connectivity index (χ4v) is 2.03. The molecule has 2 rings (SSSR count). The van der Waals surface area contributed by atoms with Crippen molar-refractivity contribution < 1.29 is 19.4 Å². The minimum atomic E-state index is -0.988. The van der Waals surface area contributed by atoms with Crippen molar-refractivity contribution in [2.24, 2.45) is 0 Å². The van der Waals surface area contributed by atoms with Gasteiger partial charge in [-0.05, 0) is 32.4 Å². The molecule has 0 bridgehead atoms. The van der Waals surface area contributed by atoms with Crippen LogP contribution in [0.5, 0.6) is 0 Å². The van der Waals surface area contributed by atoms with Gasteiger partial charge in [0.2, 0.25) is 0 Å². The maximum atomic E-state index is 11.9. The van der Waals surface area contributed by atoms with E-state index in [1.165, 1.54) is 0 Å². The summed E-state index contributed by atoms with van der Waals surface area (Å²) in [5.74, 6) is -0.988. The second kappa shape index (κ2) is 4.60. The van der Waals surface area contributed by atoms with Gasteiger partial charge in [0.25, 0.3) is 0 Å². The average Bonchev–Trinajstić information content (AvgIpc) is 2.69. The molecule has 19 heavy (non-hydrogen) atoms. The topological polar surface area (TPSA) is 82.6 Å². The molecule has 0 atom stereocenters. The third-order valence-corrected chi connectivity index (χ3v) is 2.87. The van der Waals surface area contributed by atoms with E-state index in [1.54, 1.807) is 11.0 Å². The number of carbonyl (C=O) groups is 2. The summed E-state index contributed by atoms with van der Waals surface area (Å²) in [6.07, 6.45) is 0.248. The number of hydrogen-bond donors (Lipinski definition) is 2. The number of ether oxygens (including phenoxy) is 1. The van der Waals surface area contributed by atoms with Crippen LogP contribution in [0, 0.1) is 0 Å². The highest BCUT2D eigenvalue weighted by Gasteiger charge is 2.27. The minimum absolute atomic E-state index is 0.163. The van der Waals surface area contributed by atoms with Gasteiger partial charge in [-0.1, -0.05) is 0 Å². The Labute approximate surface area is 111 Å². The number of amides is 1. The number of carbonyl (C=O) groups excluding carboxylic acids is 1. The number of aromatic carboxylic acids is 1. The number of nitrogens with zero attached hydrogens (tertiary/aromatic N) is 1. The Morgan fingerprint density at radius 1 is 1.42 bits per heavy atom. The molecule has 1 amide bonds. The van der Waals surface area contributed by atoms with E-state index in [0.29, 0.717) is 19.5 Å². The molecule has 0 saturated carbocycles. The lowest BCUT2D eigenvalue weighted by atomic mass is 10.1. The summed E-state index contributed by atoms with van der Waals surface area (Å²) in [4.78, 5) is 27.3. The highest BCUT2D eigenvalue weighted by atomic mass is 16.6. The number of H-pyrrole nitrogens is 1. The highest BCUT2D eigenvalue weighted by Crippen LogP contribution is 2.21. The summed E-state index contributed by atoms with van der Waals surface area (Å²) in [5, 5.41) is 8.93. The fourth-order valence-electron chi connectivity index (χ4n) is 2.03. The number of carboxylic acids is 1. The molecule has 2 N–H and O–H groups in total. The lowest BCUT2D eigenvalue weighted by Crippen LogP contribution is -2.39. The molecule has 2 heterocycles. The van der Waals surface area contributed by atoms with Gasteiger partial charge in [-0.25, -0.2) is 9.59 Å². The van der Waals surface area contributed by atoms with Crippen LogP contribution in [-0.2, 0) is 17.7 Å². The van der Waals surface area contributed by atoms with E-state index in [9.17, 15) is 9.59 Å². The zero-order valence-electron chi connectivity index (χ0n) is 11.3. The molecule has 0 fully saturated rings. The van der Waals surface area contributed by atoms with Crippen molar-refractivity contribution in [3.63, 3.8) is 0 Å². The number of aromatic amines is 1. The first-order valence-corrected chi connectivity index (χ1v) is 6.18. The zero-order chi connectivity index (χ0) is 14.2. The Kier molecular flexibility index (Phi) is 3.26. The van der Waals surface area contributed by atoms with E-state index in [1.807, 2.05) is 20.8 Å². The largest absolute Gasteiger partial charge is 0.477 e. The van der Waals surface area contributed by atoms with Gasteiger partial charge in [-0.15, -0.1) is 0 Å². The van der Waals surface area contributed by atoms with E-state index < -0.39 is 11.6 Å². The highest BCUT2D eigenvalue weighted by molar-refractivity contribution is 5.86. The molecule has 1 aliphatic rings. The molecule has 1 aromatic rings. The quantitative estimate of drug-likeness (QED) is 0.814. The van der Waals surface area contributed by atoms with Gasteiger partial charge in [-0.2, -0.15) is 0 Å². The molecule has 0 saturated heterocycles. The van der Waals surface area contributed by atoms with Crippen LogP contribution in [0.3, 0.4) is 0 Å². The van der Waals surface area contributed by atoms with E-state index in [-0.39, 0.29) is 11.8 Å². The van der Waals surface area contributed by atoms with Gasteiger partial charge >= 0.3 is 12.1 Å². The van der Waals surface area contributed by atoms with Gasteiger partial charge in [0.05, 0.1) is 6.54 Å².